The molecule has 0 spiro atoms. The second-order valence-corrected chi connectivity index (χ2v) is 4.52. The van der Waals surface area contributed by atoms with E-state index < -0.39 is 5.54 Å². The van der Waals surface area contributed by atoms with Gasteiger partial charge in [0, 0.05) is 6.04 Å². The van der Waals surface area contributed by atoms with Crippen LogP contribution in [0.2, 0.25) is 0 Å². The lowest BCUT2D eigenvalue weighted by molar-refractivity contribution is -0.126. The van der Waals surface area contributed by atoms with Gasteiger partial charge in [-0.25, -0.2) is 0 Å². The lowest BCUT2D eigenvalue weighted by Crippen LogP contribution is -2.54. The van der Waals surface area contributed by atoms with Crippen LogP contribution in [0.25, 0.3) is 0 Å². The largest absolute Gasteiger partial charge is 0.350 e. The van der Waals surface area contributed by atoms with E-state index in [0.29, 0.717) is 6.42 Å². The van der Waals surface area contributed by atoms with Gasteiger partial charge in [-0.3, -0.25) is 4.79 Å². The predicted octanol–water partition coefficient (Wildman–Crippen LogP) is 0.922. The number of nitrogens with one attached hydrogen (secondary N) is 1. The second-order valence-electron chi connectivity index (χ2n) is 4.52. The van der Waals surface area contributed by atoms with Gasteiger partial charge in [-0.15, -0.1) is 0 Å². The average molecular weight is 209 g/mol. The summed E-state index contributed by atoms with van der Waals surface area (Å²) in [5, 5.41) is 11.8. The van der Waals surface area contributed by atoms with E-state index >= 15 is 0 Å². The van der Waals surface area contributed by atoms with Gasteiger partial charge in [-0.2, -0.15) is 5.26 Å². The van der Waals surface area contributed by atoms with Crippen LogP contribution in [0.3, 0.4) is 0 Å². The van der Waals surface area contributed by atoms with E-state index in [1.54, 1.807) is 6.92 Å². The SMILES string of the molecule is CCC(C)(N)C(=O)NC1CCCC1C#N. The van der Waals surface area contributed by atoms with Crippen molar-refractivity contribution in [2.24, 2.45) is 11.7 Å². The molecule has 0 aromatic heterocycles. The lowest BCUT2D eigenvalue weighted by atomic mass is 9.97. The molecule has 0 heterocycles. The number of nitriles is 1. The van der Waals surface area contributed by atoms with Gasteiger partial charge in [0.15, 0.2) is 0 Å². The highest BCUT2D eigenvalue weighted by atomic mass is 16.2. The summed E-state index contributed by atoms with van der Waals surface area (Å²) in [6.07, 6.45) is 3.39. The molecule has 1 aliphatic carbocycles. The van der Waals surface area contributed by atoms with Gasteiger partial charge in [0.05, 0.1) is 17.5 Å². The van der Waals surface area contributed by atoms with E-state index in [0.717, 1.165) is 19.3 Å². The van der Waals surface area contributed by atoms with Crippen molar-refractivity contribution in [2.45, 2.75) is 51.1 Å². The molecule has 0 aromatic carbocycles. The maximum absolute atomic E-state index is 11.8. The molecule has 3 N–H and O–H groups in total. The normalized spacial score (nSPS) is 29.2. The minimum absolute atomic E-state index is 0.00285. The van der Waals surface area contributed by atoms with Gasteiger partial charge in [0.1, 0.15) is 0 Å². The Kier molecular flexibility index (Phi) is 3.70. The molecule has 4 heteroatoms. The predicted molar refractivity (Wildman–Crippen MR) is 57.8 cm³/mol. The van der Waals surface area contributed by atoms with E-state index in [1.165, 1.54) is 0 Å². The Morgan fingerprint density at radius 2 is 2.33 bits per heavy atom. The van der Waals surface area contributed by atoms with Crippen LogP contribution in [0, 0.1) is 17.2 Å². The fourth-order valence-corrected chi connectivity index (χ4v) is 1.78. The van der Waals surface area contributed by atoms with Crippen LogP contribution in [0.15, 0.2) is 0 Å². The maximum atomic E-state index is 11.8. The molecule has 1 aliphatic rings. The number of hydrogen-bond donors (Lipinski definition) is 2. The first kappa shape index (κ1) is 12.0. The van der Waals surface area contributed by atoms with Crippen molar-refractivity contribution >= 4 is 5.91 Å². The van der Waals surface area contributed by atoms with Crippen LogP contribution in [0.5, 0.6) is 0 Å². The summed E-state index contributed by atoms with van der Waals surface area (Å²) in [5.74, 6) is -0.182. The summed E-state index contributed by atoms with van der Waals surface area (Å²) in [5.41, 5.74) is 5.01. The van der Waals surface area contributed by atoms with Crippen molar-refractivity contribution < 1.29 is 4.79 Å². The molecule has 3 atom stereocenters. The van der Waals surface area contributed by atoms with Crippen LogP contribution in [0.1, 0.15) is 39.5 Å². The summed E-state index contributed by atoms with van der Waals surface area (Å²) in [6.45, 7) is 3.61. The maximum Gasteiger partial charge on any atom is 0.240 e. The molecule has 3 unspecified atom stereocenters. The van der Waals surface area contributed by atoms with E-state index in [2.05, 4.69) is 11.4 Å². The van der Waals surface area contributed by atoms with Crippen LogP contribution >= 0.6 is 0 Å². The fourth-order valence-electron chi connectivity index (χ4n) is 1.78. The molecule has 0 radical (unpaired) electrons. The summed E-state index contributed by atoms with van der Waals surface area (Å²) in [4.78, 5) is 11.8. The molecule has 1 saturated carbocycles. The monoisotopic (exact) mass is 209 g/mol. The van der Waals surface area contributed by atoms with Crippen molar-refractivity contribution in [2.75, 3.05) is 0 Å². The minimum Gasteiger partial charge on any atom is -0.350 e. The number of hydrogen-bond acceptors (Lipinski definition) is 3. The third-order valence-corrected chi connectivity index (χ3v) is 3.25. The highest BCUT2D eigenvalue weighted by Gasteiger charge is 2.33. The Morgan fingerprint density at radius 3 is 2.87 bits per heavy atom. The first-order valence-electron chi connectivity index (χ1n) is 5.50. The second kappa shape index (κ2) is 4.63. The Labute approximate surface area is 90.8 Å². The molecule has 15 heavy (non-hydrogen) atoms. The number of nitrogens with zero attached hydrogens (tertiary/aromatic N) is 1. The molecule has 4 nitrogen and oxygen atoms in total. The number of nitrogens with two attached hydrogens (primary N) is 1. The highest BCUT2D eigenvalue weighted by molar-refractivity contribution is 5.85. The quantitative estimate of drug-likeness (QED) is 0.725. The molecule has 0 saturated heterocycles. The van der Waals surface area contributed by atoms with E-state index in [4.69, 9.17) is 11.0 Å². The molecular formula is C11H19N3O. The zero-order valence-corrected chi connectivity index (χ0v) is 9.42. The van der Waals surface area contributed by atoms with Crippen molar-refractivity contribution in [3.63, 3.8) is 0 Å². The van der Waals surface area contributed by atoms with Gasteiger partial charge < -0.3 is 11.1 Å². The van der Waals surface area contributed by atoms with Gasteiger partial charge in [0.25, 0.3) is 0 Å². The Morgan fingerprint density at radius 1 is 1.67 bits per heavy atom. The van der Waals surface area contributed by atoms with E-state index in [9.17, 15) is 4.79 Å². The minimum atomic E-state index is -0.817. The van der Waals surface area contributed by atoms with Crippen LogP contribution in [-0.2, 0) is 4.79 Å². The summed E-state index contributed by atoms with van der Waals surface area (Å²) in [6, 6.07) is 2.23. The number of carbonyl (C=O) groups is 1. The first-order chi connectivity index (χ1) is 7.01. The molecule has 0 aliphatic heterocycles. The van der Waals surface area contributed by atoms with Crippen LogP contribution < -0.4 is 11.1 Å². The zero-order chi connectivity index (χ0) is 11.5. The standard InChI is InChI=1S/C11H19N3O/c1-3-11(2,13)10(15)14-9-6-4-5-8(9)7-12/h8-9H,3-6,13H2,1-2H3,(H,14,15). The van der Waals surface area contributed by atoms with Crippen LogP contribution in [0.4, 0.5) is 0 Å². The lowest BCUT2D eigenvalue weighted by Gasteiger charge is -2.25. The Balaban J connectivity index is 2.55. The van der Waals surface area contributed by atoms with E-state index in [1.807, 2.05) is 6.92 Å². The Bertz CT molecular complexity index is 280. The third kappa shape index (κ3) is 2.69. The molecule has 0 aromatic rings. The van der Waals surface area contributed by atoms with Gasteiger partial charge in [-0.1, -0.05) is 6.92 Å². The van der Waals surface area contributed by atoms with Gasteiger partial charge in [0.2, 0.25) is 5.91 Å². The van der Waals surface area contributed by atoms with Crippen LogP contribution in [-0.4, -0.2) is 17.5 Å². The molecule has 0 bridgehead atoms. The molecule has 84 valence electrons. The molecule has 1 rings (SSSR count). The van der Waals surface area contributed by atoms with E-state index in [-0.39, 0.29) is 17.9 Å². The van der Waals surface area contributed by atoms with Gasteiger partial charge in [-0.05, 0) is 32.6 Å². The third-order valence-electron chi connectivity index (χ3n) is 3.25. The fraction of sp³-hybridized carbons (Fsp3) is 0.818. The highest BCUT2D eigenvalue weighted by Crippen LogP contribution is 2.25. The average Bonchev–Trinajstić information content (AvgIpc) is 2.65. The number of rotatable bonds is 3. The van der Waals surface area contributed by atoms with Crippen molar-refractivity contribution in [1.82, 2.24) is 5.32 Å². The summed E-state index contributed by atoms with van der Waals surface area (Å²) >= 11 is 0. The smallest absolute Gasteiger partial charge is 0.240 e. The number of amides is 1. The topological polar surface area (TPSA) is 78.9 Å². The summed E-state index contributed by atoms with van der Waals surface area (Å²) < 4.78 is 0. The first-order valence-corrected chi connectivity index (χ1v) is 5.50. The number of carbonyl (C=O) groups excluding carboxylic acids is 1. The molecular weight excluding hydrogens is 190 g/mol. The Hall–Kier alpha value is -1.08. The van der Waals surface area contributed by atoms with Gasteiger partial charge >= 0.3 is 0 Å². The van der Waals surface area contributed by atoms with Crippen molar-refractivity contribution in [3.05, 3.63) is 0 Å². The molecule has 1 fully saturated rings. The zero-order valence-electron chi connectivity index (χ0n) is 9.42. The van der Waals surface area contributed by atoms with Crippen molar-refractivity contribution in [3.8, 4) is 6.07 Å². The molecule has 1 amide bonds. The van der Waals surface area contributed by atoms with Crippen molar-refractivity contribution in [1.29, 1.82) is 5.26 Å². The summed E-state index contributed by atoms with van der Waals surface area (Å²) in [7, 11) is 0.